The number of rotatable bonds is 4. The van der Waals surface area contributed by atoms with E-state index in [1.807, 2.05) is 18.3 Å². The number of nitrogens with two attached hydrogens (primary N) is 1. The van der Waals surface area contributed by atoms with Crippen molar-refractivity contribution in [3.8, 4) is 0 Å². The molecular weight excluding hydrogens is 224 g/mol. The van der Waals surface area contributed by atoms with Crippen LogP contribution in [0.2, 0.25) is 0 Å². The molecule has 3 nitrogen and oxygen atoms in total. The molecule has 1 aliphatic rings. The van der Waals surface area contributed by atoms with Crippen LogP contribution >= 0.6 is 0 Å². The zero-order valence-corrected chi connectivity index (χ0v) is 11.4. The van der Waals surface area contributed by atoms with Crippen molar-refractivity contribution >= 4 is 0 Å². The molecule has 100 valence electrons. The van der Waals surface area contributed by atoms with Crippen molar-refractivity contribution in [2.75, 3.05) is 0 Å². The molecule has 0 spiro atoms. The maximum atomic E-state index is 5.97. The Labute approximate surface area is 110 Å². The van der Waals surface area contributed by atoms with E-state index in [1.54, 1.807) is 0 Å². The summed E-state index contributed by atoms with van der Waals surface area (Å²) in [5, 5.41) is 0. The van der Waals surface area contributed by atoms with E-state index < -0.39 is 0 Å². The Morgan fingerprint density at radius 1 is 1.28 bits per heavy atom. The molecule has 0 saturated heterocycles. The van der Waals surface area contributed by atoms with Crippen LogP contribution in [0.3, 0.4) is 0 Å². The molecule has 1 aliphatic carbocycles. The van der Waals surface area contributed by atoms with Gasteiger partial charge in [-0.1, -0.05) is 19.9 Å². The quantitative estimate of drug-likeness (QED) is 0.891. The number of hydrogen-bond donors (Lipinski definition) is 1. The molecule has 0 aliphatic heterocycles. The predicted octanol–water partition coefficient (Wildman–Crippen LogP) is 2.88. The van der Waals surface area contributed by atoms with Gasteiger partial charge in [0.15, 0.2) is 0 Å². The lowest BCUT2D eigenvalue weighted by Gasteiger charge is -2.31. The average molecular weight is 248 g/mol. The minimum Gasteiger partial charge on any atom is -0.372 e. The largest absolute Gasteiger partial charge is 0.372 e. The highest BCUT2D eigenvalue weighted by Crippen LogP contribution is 2.31. The Morgan fingerprint density at radius 2 is 2.11 bits per heavy atom. The topological polar surface area (TPSA) is 48.1 Å². The van der Waals surface area contributed by atoms with Gasteiger partial charge in [-0.2, -0.15) is 0 Å². The monoisotopic (exact) mass is 248 g/mol. The normalized spacial score (nSPS) is 28.3. The standard InChI is InChI=1S/C15H24N2O/c1-11-3-6-15(7-12(11)2)18-10-14-5-4-13(8-16)9-17-14/h4-5,9,11-12,15H,3,6-8,10,16H2,1-2H3. The lowest BCUT2D eigenvalue weighted by Crippen LogP contribution is -2.26. The van der Waals surface area contributed by atoms with Gasteiger partial charge in [-0.15, -0.1) is 0 Å². The molecule has 0 aromatic carbocycles. The summed E-state index contributed by atoms with van der Waals surface area (Å²) >= 11 is 0. The van der Waals surface area contributed by atoms with Gasteiger partial charge < -0.3 is 10.5 Å². The first-order valence-corrected chi connectivity index (χ1v) is 6.94. The Hall–Kier alpha value is -0.930. The smallest absolute Gasteiger partial charge is 0.0891 e. The van der Waals surface area contributed by atoms with Crippen LogP contribution in [0.1, 0.15) is 44.4 Å². The van der Waals surface area contributed by atoms with Crippen molar-refractivity contribution < 1.29 is 4.74 Å². The number of ether oxygens (including phenoxy) is 1. The molecule has 2 N–H and O–H groups in total. The molecule has 3 atom stereocenters. The highest BCUT2D eigenvalue weighted by atomic mass is 16.5. The van der Waals surface area contributed by atoms with Gasteiger partial charge in [0.1, 0.15) is 0 Å². The fraction of sp³-hybridized carbons (Fsp3) is 0.667. The summed E-state index contributed by atoms with van der Waals surface area (Å²) in [7, 11) is 0. The highest BCUT2D eigenvalue weighted by Gasteiger charge is 2.24. The highest BCUT2D eigenvalue weighted by molar-refractivity contribution is 5.13. The van der Waals surface area contributed by atoms with Crippen LogP contribution in [0, 0.1) is 11.8 Å². The maximum absolute atomic E-state index is 5.97. The second-order valence-corrected chi connectivity index (χ2v) is 5.56. The second-order valence-electron chi connectivity index (χ2n) is 5.56. The van der Waals surface area contributed by atoms with Crippen LogP contribution in [-0.4, -0.2) is 11.1 Å². The van der Waals surface area contributed by atoms with E-state index in [-0.39, 0.29) is 0 Å². The Morgan fingerprint density at radius 3 is 2.72 bits per heavy atom. The van der Waals surface area contributed by atoms with E-state index in [4.69, 9.17) is 10.5 Å². The molecule has 3 unspecified atom stereocenters. The summed E-state index contributed by atoms with van der Waals surface area (Å²) in [4.78, 5) is 4.36. The summed E-state index contributed by atoms with van der Waals surface area (Å²) in [6.45, 7) is 5.84. The van der Waals surface area contributed by atoms with Gasteiger partial charge in [-0.05, 0) is 42.7 Å². The molecule has 2 rings (SSSR count). The fourth-order valence-electron chi connectivity index (χ4n) is 2.51. The van der Waals surface area contributed by atoms with Crippen LogP contribution < -0.4 is 5.73 Å². The molecule has 0 bridgehead atoms. The molecule has 1 aromatic rings. The number of hydrogen-bond acceptors (Lipinski definition) is 3. The Balaban J connectivity index is 1.80. The molecular formula is C15H24N2O. The molecule has 0 amide bonds. The van der Waals surface area contributed by atoms with E-state index >= 15 is 0 Å². The summed E-state index contributed by atoms with van der Waals surface area (Å²) in [5.74, 6) is 1.61. The molecule has 1 fully saturated rings. The number of nitrogens with zero attached hydrogens (tertiary/aromatic N) is 1. The van der Waals surface area contributed by atoms with Crippen LogP contribution in [0.4, 0.5) is 0 Å². The third-order valence-corrected chi connectivity index (χ3v) is 4.14. The van der Waals surface area contributed by atoms with Crippen LogP contribution in [0.25, 0.3) is 0 Å². The minimum absolute atomic E-state index is 0.409. The van der Waals surface area contributed by atoms with Crippen molar-refractivity contribution in [2.45, 2.75) is 52.4 Å². The van der Waals surface area contributed by atoms with E-state index in [2.05, 4.69) is 18.8 Å². The van der Waals surface area contributed by atoms with Crippen molar-refractivity contribution in [1.29, 1.82) is 0 Å². The lowest BCUT2D eigenvalue weighted by atomic mass is 9.80. The summed E-state index contributed by atoms with van der Waals surface area (Å²) in [6, 6.07) is 4.04. The minimum atomic E-state index is 0.409. The van der Waals surface area contributed by atoms with Gasteiger partial charge >= 0.3 is 0 Å². The Bertz CT molecular complexity index is 363. The molecule has 3 heteroatoms. The predicted molar refractivity (Wildman–Crippen MR) is 72.9 cm³/mol. The first-order chi connectivity index (χ1) is 8.69. The first kappa shape index (κ1) is 13.5. The van der Waals surface area contributed by atoms with Crippen molar-refractivity contribution in [3.05, 3.63) is 29.6 Å². The zero-order chi connectivity index (χ0) is 13.0. The van der Waals surface area contributed by atoms with E-state index in [9.17, 15) is 0 Å². The van der Waals surface area contributed by atoms with Crippen molar-refractivity contribution in [2.24, 2.45) is 17.6 Å². The molecule has 18 heavy (non-hydrogen) atoms. The first-order valence-electron chi connectivity index (χ1n) is 6.94. The molecule has 1 saturated carbocycles. The molecule has 0 radical (unpaired) electrons. The Kier molecular flexibility index (Phi) is 4.72. The van der Waals surface area contributed by atoms with Gasteiger partial charge in [0, 0.05) is 12.7 Å². The van der Waals surface area contributed by atoms with Crippen LogP contribution in [0.15, 0.2) is 18.3 Å². The zero-order valence-electron chi connectivity index (χ0n) is 11.4. The van der Waals surface area contributed by atoms with Gasteiger partial charge in [0.25, 0.3) is 0 Å². The van der Waals surface area contributed by atoms with E-state index in [1.165, 1.54) is 19.3 Å². The number of pyridine rings is 1. The summed E-state index contributed by atoms with van der Waals surface area (Å²) in [6.07, 6.45) is 5.90. The van der Waals surface area contributed by atoms with Gasteiger partial charge in [0.2, 0.25) is 0 Å². The third kappa shape index (κ3) is 3.53. The van der Waals surface area contributed by atoms with Crippen molar-refractivity contribution in [3.63, 3.8) is 0 Å². The summed E-state index contributed by atoms with van der Waals surface area (Å²) < 4.78 is 5.97. The van der Waals surface area contributed by atoms with E-state index in [0.717, 1.165) is 23.1 Å². The van der Waals surface area contributed by atoms with Crippen molar-refractivity contribution in [1.82, 2.24) is 4.98 Å². The van der Waals surface area contributed by atoms with Crippen LogP contribution in [-0.2, 0) is 17.9 Å². The fourth-order valence-corrected chi connectivity index (χ4v) is 2.51. The SMILES string of the molecule is CC1CCC(OCc2ccc(CN)cn2)CC1C. The average Bonchev–Trinajstić information content (AvgIpc) is 2.41. The van der Waals surface area contributed by atoms with Crippen LogP contribution in [0.5, 0.6) is 0 Å². The second kappa shape index (κ2) is 6.30. The van der Waals surface area contributed by atoms with Gasteiger partial charge in [0.05, 0.1) is 18.4 Å². The lowest BCUT2D eigenvalue weighted by molar-refractivity contribution is -0.00876. The van der Waals surface area contributed by atoms with E-state index in [0.29, 0.717) is 19.3 Å². The third-order valence-electron chi connectivity index (χ3n) is 4.14. The molecule has 1 aromatic heterocycles. The van der Waals surface area contributed by atoms with Gasteiger partial charge in [-0.25, -0.2) is 0 Å². The maximum Gasteiger partial charge on any atom is 0.0891 e. The number of aromatic nitrogens is 1. The summed E-state index contributed by atoms with van der Waals surface area (Å²) in [5.41, 5.74) is 7.61. The molecule has 1 heterocycles. The van der Waals surface area contributed by atoms with Gasteiger partial charge in [-0.3, -0.25) is 4.98 Å².